The maximum absolute atomic E-state index is 4.58. The summed E-state index contributed by atoms with van der Waals surface area (Å²) in [5.74, 6) is 0. The molecule has 90 valence electrons. The maximum Gasteiger partial charge on any atom is 0.124 e. The zero-order chi connectivity index (χ0) is 12.7. The standard InChI is InChI=1S/C12H16N4O/c1-5-10-7-6-8-11(14-13-9(2)3)12(10)15-16-17-4/h5-9H,1H2,2-4H3. The highest BCUT2D eigenvalue weighted by Gasteiger charge is 2.05. The fourth-order valence-electron chi connectivity index (χ4n) is 1.16. The summed E-state index contributed by atoms with van der Waals surface area (Å²) in [6, 6.07) is 5.71. The second-order valence-electron chi connectivity index (χ2n) is 3.59. The van der Waals surface area contributed by atoms with Crippen LogP contribution < -0.4 is 0 Å². The van der Waals surface area contributed by atoms with Gasteiger partial charge < -0.3 is 4.84 Å². The summed E-state index contributed by atoms with van der Waals surface area (Å²) in [4.78, 5) is 4.58. The highest BCUT2D eigenvalue weighted by atomic mass is 16.6. The van der Waals surface area contributed by atoms with Crippen molar-refractivity contribution in [2.75, 3.05) is 7.11 Å². The molecule has 5 heteroatoms. The lowest BCUT2D eigenvalue weighted by molar-refractivity contribution is 0.190. The lowest BCUT2D eigenvalue weighted by atomic mass is 10.1. The summed E-state index contributed by atoms with van der Waals surface area (Å²) >= 11 is 0. The Morgan fingerprint density at radius 3 is 2.65 bits per heavy atom. The summed E-state index contributed by atoms with van der Waals surface area (Å²) in [6.45, 7) is 7.63. The van der Waals surface area contributed by atoms with Gasteiger partial charge in [0.15, 0.2) is 0 Å². The molecule has 0 fully saturated rings. The van der Waals surface area contributed by atoms with Gasteiger partial charge in [-0.2, -0.15) is 10.2 Å². The quantitative estimate of drug-likeness (QED) is 0.545. The number of hydrogen-bond acceptors (Lipinski definition) is 5. The molecule has 0 amide bonds. The molecule has 1 aromatic rings. The van der Waals surface area contributed by atoms with Crippen molar-refractivity contribution in [1.29, 1.82) is 0 Å². The first-order chi connectivity index (χ1) is 8.19. The Morgan fingerprint density at radius 1 is 1.29 bits per heavy atom. The van der Waals surface area contributed by atoms with Gasteiger partial charge in [0.1, 0.15) is 18.5 Å². The molecule has 0 saturated heterocycles. The molecule has 0 atom stereocenters. The Kier molecular flexibility index (Phi) is 5.00. The second kappa shape index (κ2) is 6.52. The number of azo groups is 1. The number of rotatable bonds is 5. The van der Waals surface area contributed by atoms with Gasteiger partial charge in [0, 0.05) is 10.8 Å². The van der Waals surface area contributed by atoms with Crippen LogP contribution in [0.5, 0.6) is 0 Å². The molecule has 0 aliphatic heterocycles. The van der Waals surface area contributed by atoms with Crippen molar-refractivity contribution in [3.63, 3.8) is 0 Å². The first-order valence-electron chi connectivity index (χ1n) is 5.29. The molecule has 0 saturated carbocycles. The minimum absolute atomic E-state index is 0.134. The molecule has 0 heterocycles. The Bertz CT molecular complexity index is 438. The summed E-state index contributed by atoms with van der Waals surface area (Å²) in [5.41, 5.74) is 2.09. The van der Waals surface area contributed by atoms with E-state index in [0.717, 1.165) is 5.56 Å². The first-order valence-corrected chi connectivity index (χ1v) is 5.29. The fraction of sp³-hybridized carbons (Fsp3) is 0.333. The van der Waals surface area contributed by atoms with E-state index in [9.17, 15) is 0 Å². The molecule has 1 rings (SSSR count). The Hall–Kier alpha value is -2.04. The lowest BCUT2D eigenvalue weighted by Crippen LogP contribution is -1.84. The minimum atomic E-state index is 0.134. The molecular weight excluding hydrogens is 216 g/mol. The van der Waals surface area contributed by atoms with Gasteiger partial charge in [0.2, 0.25) is 0 Å². The van der Waals surface area contributed by atoms with Crippen LogP contribution in [0.1, 0.15) is 19.4 Å². The van der Waals surface area contributed by atoms with Crippen molar-refractivity contribution in [2.24, 2.45) is 20.6 Å². The molecule has 0 radical (unpaired) electrons. The van der Waals surface area contributed by atoms with E-state index < -0.39 is 0 Å². The van der Waals surface area contributed by atoms with Crippen LogP contribution >= 0.6 is 0 Å². The van der Waals surface area contributed by atoms with Crippen LogP contribution in [0, 0.1) is 0 Å². The average molecular weight is 232 g/mol. The van der Waals surface area contributed by atoms with Crippen molar-refractivity contribution in [2.45, 2.75) is 19.9 Å². The van der Waals surface area contributed by atoms with E-state index in [1.807, 2.05) is 32.0 Å². The molecule has 0 unspecified atom stereocenters. The van der Waals surface area contributed by atoms with Crippen LogP contribution in [0.4, 0.5) is 11.4 Å². The Labute approximate surface area is 101 Å². The van der Waals surface area contributed by atoms with E-state index in [1.54, 1.807) is 6.08 Å². The largest absolute Gasteiger partial charge is 0.383 e. The van der Waals surface area contributed by atoms with Crippen molar-refractivity contribution < 1.29 is 4.84 Å². The van der Waals surface area contributed by atoms with Crippen molar-refractivity contribution in [3.8, 4) is 0 Å². The average Bonchev–Trinajstić information content (AvgIpc) is 2.33. The highest BCUT2D eigenvalue weighted by Crippen LogP contribution is 2.33. The zero-order valence-corrected chi connectivity index (χ0v) is 10.3. The zero-order valence-electron chi connectivity index (χ0n) is 10.3. The van der Waals surface area contributed by atoms with Gasteiger partial charge >= 0.3 is 0 Å². The third-order valence-electron chi connectivity index (χ3n) is 1.88. The topological polar surface area (TPSA) is 58.7 Å². The monoisotopic (exact) mass is 232 g/mol. The van der Waals surface area contributed by atoms with Crippen molar-refractivity contribution >= 4 is 17.5 Å². The first kappa shape index (κ1) is 13.0. The van der Waals surface area contributed by atoms with Crippen LogP contribution in [-0.2, 0) is 4.84 Å². The molecule has 5 nitrogen and oxygen atoms in total. The van der Waals surface area contributed by atoms with E-state index in [2.05, 4.69) is 32.0 Å². The lowest BCUT2D eigenvalue weighted by Gasteiger charge is -2.02. The van der Waals surface area contributed by atoms with Crippen LogP contribution in [0.25, 0.3) is 6.08 Å². The molecule has 0 aromatic heterocycles. The van der Waals surface area contributed by atoms with Crippen LogP contribution in [-0.4, -0.2) is 13.2 Å². The predicted octanol–water partition coefficient (Wildman–Crippen LogP) is 4.47. The molecule has 17 heavy (non-hydrogen) atoms. The van der Waals surface area contributed by atoms with E-state index >= 15 is 0 Å². The summed E-state index contributed by atoms with van der Waals surface area (Å²) in [7, 11) is 1.44. The van der Waals surface area contributed by atoms with Gasteiger partial charge in [-0.05, 0) is 19.9 Å². The molecule has 1 aromatic carbocycles. The molecule has 0 spiro atoms. The molecular formula is C12H16N4O. The second-order valence-corrected chi connectivity index (χ2v) is 3.59. The number of benzene rings is 1. The summed E-state index contributed by atoms with van der Waals surface area (Å²) in [5, 5.41) is 15.7. The Morgan fingerprint density at radius 2 is 2.06 bits per heavy atom. The van der Waals surface area contributed by atoms with Crippen LogP contribution in [0.2, 0.25) is 0 Å². The van der Waals surface area contributed by atoms with Gasteiger partial charge in [0.05, 0.1) is 6.04 Å². The summed E-state index contributed by atoms with van der Waals surface area (Å²) < 4.78 is 0. The van der Waals surface area contributed by atoms with Gasteiger partial charge in [-0.1, -0.05) is 24.8 Å². The van der Waals surface area contributed by atoms with Gasteiger partial charge in [-0.3, -0.25) is 0 Å². The smallest absolute Gasteiger partial charge is 0.124 e. The molecule has 0 N–H and O–H groups in total. The minimum Gasteiger partial charge on any atom is -0.383 e. The Balaban J connectivity index is 3.19. The van der Waals surface area contributed by atoms with Gasteiger partial charge in [-0.15, -0.1) is 5.11 Å². The third kappa shape index (κ3) is 3.79. The highest BCUT2D eigenvalue weighted by molar-refractivity contribution is 5.73. The van der Waals surface area contributed by atoms with Crippen LogP contribution in [0.15, 0.2) is 45.4 Å². The SMILES string of the molecule is C=Cc1cccc(N=NC(C)C)c1N=NOC. The van der Waals surface area contributed by atoms with Crippen molar-refractivity contribution in [1.82, 2.24) is 0 Å². The van der Waals surface area contributed by atoms with Gasteiger partial charge in [-0.25, -0.2) is 0 Å². The maximum atomic E-state index is 4.58. The predicted molar refractivity (Wildman–Crippen MR) is 67.7 cm³/mol. The molecule has 0 aliphatic carbocycles. The molecule has 0 bridgehead atoms. The van der Waals surface area contributed by atoms with Gasteiger partial charge in [0.25, 0.3) is 0 Å². The van der Waals surface area contributed by atoms with E-state index in [0.29, 0.717) is 11.4 Å². The number of nitrogens with zero attached hydrogens (tertiary/aromatic N) is 4. The van der Waals surface area contributed by atoms with E-state index in [4.69, 9.17) is 0 Å². The van der Waals surface area contributed by atoms with Crippen LogP contribution in [0.3, 0.4) is 0 Å². The van der Waals surface area contributed by atoms with E-state index in [1.165, 1.54) is 7.11 Å². The normalized spacial score (nSPS) is 11.5. The third-order valence-corrected chi connectivity index (χ3v) is 1.88. The summed E-state index contributed by atoms with van der Waals surface area (Å²) in [6.07, 6.45) is 1.69. The fourth-order valence-corrected chi connectivity index (χ4v) is 1.16. The number of hydrogen-bond donors (Lipinski definition) is 0. The van der Waals surface area contributed by atoms with Crippen molar-refractivity contribution in [3.05, 3.63) is 30.3 Å². The van der Waals surface area contributed by atoms with E-state index in [-0.39, 0.29) is 6.04 Å². The molecule has 0 aliphatic rings.